The molecule has 2 rings (SSSR count). The Hall–Kier alpha value is -0.990. The third kappa shape index (κ3) is 6.54. The standard InChI is InChI=1S/C18H24F6N2.ClH/c1-2-3-4-5-16(26-10-8-25-9-11-26)14-12-13(17(19,20)21)6-7-15(14)18(22,23)24;/h6-7,12,16,25H,2-5,8-11H2,1H3;1H/t16-;/m1./s1. The molecule has 0 aromatic heterocycles. The number of hydrogen-bond acceptors (Lipinski definition) is 2. The molecule has 1 aromatic rings. The van der Waals surface area contributed by atoms with Gasteiger partial charge in [-0.2, -0.15) is 26.3 Å². The van der Waals surface area contributed by atoms with Crippen LogP contribution in [0.2, 0.25) is 0 Å². The molecule has 0 radical (unpaired) electrons. The SMILES string of the molecule is CCCCC[C@H](c1cc(C(F)(F)F)ccc1C(F)(F)F)N1CCNCC1.Cl. The van der Waals surface area contributed by atoms with Crippen LogP contribution in [-0.2, 0) is 12.4 Å². The van der Waals surface area contributed by atoms with Gasteiger partial charge in [-0.3, -0.25) is 4.90 Å². The lowest BCUT2D eigenvalue weighted by atomic mass is 9.92. The van der Waals surface area contributed by atoms with Crippen LogP contribution in [0, 0.1) is 0 Å². The van der Waals surface area contributed by atoms with E-state index in [-0.39, 0.29) is 18.0 Å². The van der Waals surface area contributed by atoms with Crippen LogP contribution in [0.3, 0.4) is 0 Å². The molecule has 0 spiro atoms. The van der Waals surface area contributed by atoms with Gasteiger partial charge in [0.15, 0.2) is 0 Å². The summed E-state index contributed by atoms with van der Waals surface area (Å²) in [5.41, 5.74) is -2.26. The fourth-order valence-electron chi connectivity index (χ4n) is 3.39. The van der Waals surface area contributed by atoms with Crippen molar-refractivity contribution in [1.29, 1.82) is 0 Å². The second-order valence-corrected chi connectivity index (χ2v) is 6.60. The van der Waals surface area contributed by atoms with Crippen molar-refractivity contribution in [3.8, 4) is 0 Å². The zero-order chi connectivity index (χ0) is 19.4. The molecule has 9 heteroatoms. The number of alkyl halides is 6. The number of rotatable bonds is 6. The minimum atomic E-state index is -4.68. The van der Waals surface area contributed by atoms with Crippen LogP contribution in [-0.4, -0.2) is 31.1 Å². The van der Waals surface area contributed by atoms with Crippen molar-refractivity contribution in [2.45, 2.75) is 51.0 Å². The van der Waals surface area contributed by atoms with E-state index < -0.39 is 29.5 Å². The van der Waals surface area contributed by atoms with Crippen LogP contribution in [0.15, 0.2) is 18.2 Å². The van der Waals surface area contributed by atoms with Gasteiger partial charge in [0.2, 0.25) is 0 Å². The lowest BCUT2D eigenvalue weighted by molar-refractivity contribution is -0.142. The summed E-state index contributed by atoms with van der Waals surface area (Å²) in [6.45, 7) is 4.25. The Bertz CT molecular complexity index is 582. The predicted molar refractivity (Wildman–Crippen MR) is 95.0 cm³/mol. The minimum Gasteiger partial charge on any atom is -0.314 e. The summed E-state index contributed by atoms with van der Waals surface area (Å²) in [7, 11) is 0. The second-order valence-electron chi connectivity index (χ2n) is 6.60. The van der Waals surface area contributed by atoms with Gasteiger partial charge in [-0.1, -0.05) is 26.2 Å². The third-order valence-corrected chi connectivity index (χ3v) is 4.72. The molecule has 0 bridgehead atoms. The molecule has 0 saturated carbocycles. The maximum Gasteiger partial charge on any atom is 0.416 e. The van der Waals surface area contributed by atoms with Crippen molar-refractivity contribution >= 4 is 12.4 Å². The van der Waals surface area contributed by atoms with Crippen LogP contribution < -0.4 is 5.32 Å². The molecule has 1 aliphatic rings. The predicted octanol–water partition coefficient (Wildman–Crippen LogP) is 5.67. The first kappa shape index (κ1) is 24.0. The van der Waals surface area contributed by atoms with E-state index in [2.05, 4.69) is 5.32 Å². The summed E-state index contributed by atoms with van der Waals surface area (Å²) < 4.78 is 79.8. The normalized spacial score (nSPS) is 17.4. The van der Waals surface area contributed by atoms with E-state index in [1.54, 1.807) is 0 Å². The van der Waals surface area contributed by atoms with E-state index in [0.29, 0.717) is 57.2 Å². The van der Waals surface area contributed by atoms with Crippen molar-refractivity contribution in [1.82, 2.24) is 10.2 Å². The van der Waals surface area contributed by atoms with E-state index in [0.717, 1.165) is 12.8 Å². The topological polar surface area (TPSA) is 15.3 Å². The second kappa shape index (κ2) is 9.98. The molecule has 1 aromatic carbocycles. The van der Waals surface area contributed by atoms with Crippen molar-refractivity contribution in [2.24, 2.45) is 0 Å². The highest BCUT2D eigenvalue weighted by atomic mass is 35.5. The van der Waals surface area contributed by atoms with E-state index in [1.165, 1.54) is 0 Å². The average molecular weight is 419 g/mol. The smallest absolute Gasteiger partial charge is 0.314 e. The van der Waals surface area contributed by atoms with Gasteiger partial charge in [0.1, 0.15) is 0 Å². The van der Waals surface area contributed by atoms with E-state index in [1.807, 2.05) is 11.8 Å². The molecule has 1 heterocycles. The first-order valence-corrected chi connectivity index (χ1v) is 8.87. The van der Waals surface area contributed by atoms with E-state index in [9.17, 15) is 26.3 Å². The highest BCUT2D eigenvalue weighted by molar-refractivity contribution is 5.85. The lowest BCUT2D eigenvalue weighted by Crippen LogP contribution is -2.45. The van der Waals surface area contributed by atoms with Gasteiger partial charge in [-0.05, 0) is 30.2 Å². The molecule has 27 heavy (non-hydrogen) atoms. The Morgan fingerprint density at radius 3 is 2.15 bits per heavy atom. The first-order valence-electron chi connectivity index (χ1n) is 8.87. The van der Waals surface area contributed by atoms with Crippen molar-refractivity contribution in [2.75, 3.05) is 26.2 Å². The highest BCUT2D eigenvalue weighted by Crippen LogP contribution is 2.41. The highest BCUT2D eigenvalue weighted by Gasteiger charge is 2.39. The fourth-order valence-corrected chi connectivity index (χ4v) is 3.39. The monoisotopic (exact) mass is 418 g/mol. The van der Waals surface area contributed by atoms with Crippen LogP contribution in [0.5, 0.6) is 0 Å². The molecule has 0 unspecified atom stereocenters. The van der Waals surface area contributed by atoms with Crippen molar-refractivity contribution < 1.29 is 26.3 Å². The summed E-state index contributed by atoms with van der Waals surface area (Å²) in [5, 5.41) is 3.12. The summed E-state index contributed by atoms with van der Waals surface area (Å²) in [6.07, 6.45) is -6.53. The number of nitrogens with zero attached hydrogens (tertiary/aromatic N) is 1. The maximum atomic E-state index is 13.5. The van der Waals surface area contributed by atoms with Gasteiger partial charge in [0.25, 0.3) is 0 Å². The molecule has 1 saturated heterocycles. The lowest BCUT2D eigenvalue weighted by Gasteiger charge is -2.36. The number of halogens is 7. The van der Waals surface area contributed by atoms with Crippen LogP contribution in [0.1, 0.15) is 55.3 Å². The van der Waals surface area contributed by atoms with E-state index in [4.69, 9.17) is 0 Å². The van der Waals surface area contributed by atoms with Gasteiger partial charge in [-0.15, -0.1) is 12.4 Å². The molecule has 1 N–H and O–H groups in total. The van der Waals surface area contributed by atoms with Gasteiger partial charge in [-0.25, -0.2) is 0 Å². The average Bonchev–Trinajstić information content (AvgIpc) is 2.57. The largest absolute Gasteiger partial charge is 0.416 e. The van der Waals surface area contributed by atoms with Crippen LogP contribution >= 0.6 is 12.4 Å². The van der Waals surface area contributed by atoms with Gasteiger partial charge in [0, 0.05) is 32.2 Å². The molecule has 2 nitrogen and oxygen atoms in total. The van der Waals surface area contributed by atoms with Gasteiger partial charge in [0.05, 0.1) is 11.1 Å². The minimum absolute atomic E-state index is 0. The maximum absolute atomic E-state index is 13.5. The number of benzene rings is 1. The van der Waals surface area contributed by atoms with E-state index >= 15 is 0 Å². The summed E-state index contributed by atoms with van der Waals surface area (Å²) in [6, 6.07) is 1.13. The van der Waals surface area contributed by atoms with Crippen LogP contribution in [0.25, 0.3) is 0 Å². The molecular weight excluding hydrogens is 394 g/mol. The van der Waals surface area contributed by atoms with Crippen molar-refractivity contribution in [3.63, 3.8) is 0 Å². The number of unbranched alkanes of at least 4 members (excludes halogenated alkanes) is 2. The quantitative estimate of drug-likeness (QED) is 0.473. The molecule has 1 aliphatic heterocycles. The zero-order valence-electron chi connectivity index (χ0n) is 15.1. The summed E-state index contributed by atoms with van der Waals surface area (Å²) in [4.78, 5) is 1.87. The molecule has 156 valence electrons. The number of piperazine rings is 1. The first-order chi connectivity index (χ1) is 12.1. The van der Waals surface area contributed by atoms with Crippen LogP contribution in [0.4, 0.5) is 26.3 Å². The third-order valence-electron chi connectivity index (χ3n) is 4.72. The molecule has 1 atom stereocenters. The zero-order valence-corrected chi connectivity index (χ0v) is 15.9. The van der Waals surface area contributed by atoms with Crippen molar-refractivity contribution in [3.05, 3.63) is 34.9 Å². The van der Waals surface area contributed by atoms with Gasteiger partial charge >= 0.3 is 12.4 Å². The number of nitrogens with one attached hydrogen (secondary N) is 1. The summed E-state index contributed by atoms with van der Waals surface area (Å²) >= 11 is 0. The Kier molecular flexibility index (Phi) is 8.89. The molecule has 0 aliphatic carbocycles. The van der Waals surface area contributed by atoms with Gasteiger partial charge < -0.3 is 5.32 Å². The summed E-state index contributed by atoms with van der Waals surface area (Å²) in [5.74, 6) is 0. The Balaban J connectivity index is 0.00000364. The Labute approximate surface area is 161 Å². The Morgan fingerprint density at radius 2 is 1.63 bits per heavy atom. The molecular formula is C18H25ClF6N2. The molecule has 1 fully saturated rings. The fraction of sp³-hybridized carbons (Fsp3) is 0.667. The molecule has 0 amide bonds. The Morgan fingerprint density at radius 1 is 1.00 bits per heavy atom. The number of hydrogen-bond donors (Lipinski definition) is 1.